The fourth-order valence-corrected chi connectivity index (χ4v) is 9.13. The molecule has 3 aliphatic rings. The summed E-state index contributed by atoms with van der Waals surface area (Å²) < 4.78 is 11.0. The Morgan fingerprint density at radius 1 is 0.544 bits per heavy atom. The molecule has 57 heavy (non-hydrogen) atoms. The van der Waals surface area contributed by atoms with Crippen LogP contribution in [0.4, 0.5) is 0 Å². The van der Waals surface area contributed by atoms with Gasteiger partial charge in [0.15, 0.2) is 11.6 Å². The van der Waals surface area contributed by atoms with Crippen LogP contribution >= 0.6 is 0 Å². The average Bonchev–Trinajstić information content (AvgIpc) is 3.94. The minimum atomic E-state index is 0.0590. The van der Waals surface area contributed by atoms with Gasteiger partial charge in [-0.2, -0.15) is 9.97 Å². The molecule has 0 N–H and O–H groups in total. The molecule has 0 saturated heterocycles. The van der Waals surface area contributed by atoms with Gasteiger partial charge >= 0.3 is 0 Å². The lowest BCUT2D eigenvalue weighted by Crippen LogP contribution is -2.14. The summed E-state index contributed by atoms with van der Waals surface area (Å²) in [5.41, 5.74) is 12.4. The van der Waals surface area contributed by atoms with Gasteiger partial charge < -0.3 is 9.30 Å². The zero-order valence-electron chi connectivity index (χ0n) is 31.0. The summed E-state index contributed by atoms with van der Waals surface area (Å²) in [6.45, 7) is 0. The molecular weight excluding hydrogens is 699 g/mol. The maximum absolute atomic E-state index is 6.33. The normalized spacial score (nSPS) is 16.1. The lowest BCUT2D eigenvalue weighted by atomic mass is 9.95. The molecule has 2 aliphatic carbocycles. The Morgan fingerprint density at radius 3 is 2.16 bits per heavy atom. The summed E-state index contributed by atoms with van der Waals surface area (Å²) in [6.07, 6.45) is 14.1. The maximum atomic E-state index is 6.33. The van der Waals surface area contributed by atoms with E-state index in [0.717, 1.165) is 58.1 Å². The molecule has 0 radical (unpaired) electrons. The maximum Gasteiger partial charge on any atom is 0.238 e. The Morgan fingerprint density at radius 2 is 1.28 bits per heavy atom. The van der Waals surface area contributed by atoms with Crippen LogP contribution in [0.15, 0.2) is 170 Å². The number of aromatic nitrogens is 5. The summed E-state index contributed by atoms with van der Waals surface area (Å²) >= 11 is 0. The molecule has 270 valence electrons. The average molecular weight is 734 g/mol. The van der Waals surface area contributed by atoms with Crippen LogP contribution in [-0.4, -0.2) is 30.2 Å². The number of fused-ring (bicyclic) bond motifs is 9. The number of ether oxygens (including phenoxy) is 1. The van der Waals surface area contributed by atoms with Gasteiger partial charge in [0, 0.05) is 55.9 Å². The Labute approximate surface area is 329 Å². The molecule has 1 aliphatic heterocycles. The summed E-state index contributed by atoms with van der Waals surface area (Å²) in [5, 5.41) is 4.77. The number of hydrogen-bond acceptors (Lipinski definition) is 4. The van der Waals surface area contributed by atoms with E-state index >= 15 is 0 Å². The van der Waals surface area contributed by atoms with E-state index in [2.05, 4.69) is 155 Å². The largest absolute Gasteiger partial charge is 0.485 e. The molecule has 6 heteroatoms. The van der Waals surface area contributed by atoms with Gasteiger partial charge in [-0.3, -0.25) is 4.57 Å². The minimum absolute atomic E-state index is 0.0590. The van der Waals surface area contributed by atoms with Crippen LogP contribution in [0.25, 0.3) is 88.9 Å². The van der Waals surface area contributed by atoms with Gasteiger partial charge in [0.1, 0.15) is 11.9 Å². The van der Waals surface area contributed by atoms with Gasteiger partial charge in [0.25, 0.3) is 0 Å². The van der Waals surface area contributed by atoms with Gasteiger partial charge in [0.2, 0.25) is 5.95 Å². The third-order valence-electron chi connectivity index (χ3n) is 11.7. The van der Waals surface area contributed by atoms with Crippen molar-refractivity contribution in [3.8, 4) is 34.2 Å². The van der Waals surface area contributed by atoms with Crippen LogP contribution in [0.2, 0.25) is 0 Å². The molecule has 0 fully saturated rings. The van der Waals surface area contributed by atoms with Crippen molar-refractivity contribution in [2.24, 2.45) is 0 Å². The molecule has 6 nitrogen and oxygen atoms in total. The molecule has 3 aromatic heterocycles. The fourth-order valence-electron chi connectivity index (χ4n) is 9.13. The lowest BCUT2D eigenvalue weighted by Gasteiger charge is -2.19. The van der Waals surface area contributed by atoms with Gasteiger partial charge in [-0.05, 0) is 66.4 Å². The lowest BCUT2D eigenvalue weighted by molar-refractivity contribution is 0.279. The van der Waals surface area contributed by atoms with Crippen molar-refractivity contribution < 1.29 is 4.74 Å². The van der Waals surface area contributed by atoms with E-state index in [1.165, 1.54) is 49.6 Å². The van der Waals surface area contributed by atoms with E-state index in [9.17, 15) is 0 Å². The van der Waals surface area contributed by atoms with E-state index in [-0.39, 0.29) is 6.10 Å². The SMILES string of the molecule is C1=CC(c2nc(-c3ccccc3)nc(-n3c4ccccc4c4c(-c5ccc6c(c5)c5ccccc5n6C5=CCC6Oc7ccccc7C6=C5)cccc43)n2)=CCC1. The number of hydrogen-bond donors (Lipinski definition) is 0. The van der Waals surface area contributed by atoms with Crippen LogP contribution in [0.3, 0.4) is 0 Å². The van der Waals surface area contributed by atoms with Gasteiger partial charge in [-0.15, -0.1) is 0 Å². The molecule has 0 spiro atoms. The Kier molecular flexibility index (Phi) is 7.08. The smallest absolute Gasteiger partial charge is 0.238 e. The molecule has 0 amide bonds. The monoisotopic (exact) mass is 733 g/mol. The second-order valence-electron chi connectivity index (χ2n) is 15.0. The quantitative estimate of drug-likeness (QED) is 0.177. The Bertz CT molecular complexity index is 3250. The molecular formula is C51H35N5O. The fraction of sp³-hybridized carbons (Fsp3) is 0.0784. The second-order valence-corrected chi connectivity index (χ2v) is 15.0. The first kappa shape index (κ1) is 32.0. The van der Waals surface area contributed by atoms with Crippen molar-refractivity contribution in [2.45, 2.75) is 25.4 Å². The predicted molar refractivity (Wildman–Crippen MR) is 232 cm³/mol. The summed E-state index contributed by atoms with van der Waals surface area (Å²) in [6, 6.07) is 49.5. The second kappa shape index (κ2) is 12.6. The zero-order valence-corrected chi connectivity index (χ0v) is 31.0. The van der Waals surface area contributed by atoms with Crippen molar-refractivity contribution in [1.29, 1.82) is 0 Å². The molecule has 6 aromatic carbocycles. The molecule has 1 atom stereocenters. The highest BCUT2D eigenvalue weighted by atomic mass is 16.5. The third kappa shape index (κ3) is 5.00. The van der Waals surface area contributed by atoms with E-state index < -0.39 is 0 Å². The van der Waals surface area contributed by atoms with Gasteiger partial charge in [0.05, 0.1) is 22.1 Å². The van der Waals surface area contributed by atoms with E-state index in [4.69, 9.17) is 19.7 Å². The highest BCUT2D eigenvalue weighted by molar-refractivity contribution is 6.17. The molecule has 1 unspecified atom stereocenters. The minimum Gasteiger partial charge on any atom is -0.485 e. The number of para-hydroxylation sites is 3. The first-order valence-electron chi connectivity index (χ1n) is 19.7. The van der Waals surface area contributed by atoms with E-state index in [0.29, 0.717) is 17.6 Å². The first-order valence-corrected chi connectivity index (χ1v) is 19.7. The first-order chi connectivity index (χ1) is 28.3. The Balaban J connectivity index is 1.05. The summed E-state index contributed by atoms with van der Waals surface area (Å²) in [4.78, 5) is 15.4. The number of rotatable bonds is 5. The molecule has 9 aromatic rings. The molecule has 0 saturated carbocycles. The van der Waals surface area contributed by atoms with Crippen LogP contribution in [-0.2, 0) is 0 Å². The molecule has 12 rings (SSSR count). The summed E-state index contributed by atoms with van der Waals surface area (Å²) in [7, 11) is 0. The predicted octanol–water partition coefficient (Wildman–Crippen LogP) is 12.2. The Hall–Kier alpha value is -7.31. The van der Waals surface area contributed by atoms with Crippen LogP contribution in [0.5, 0.6) is 5.75 Å². The van der Waals surface area contributed by atoms with Crippen LogP contribution < -0.4 is 4.74 Å². The highest BCUT2D eigenvalue weighted by Crippen LogP contribution is 2.45. The van der Waals surface area contributed by atoms with Crippen LogP contribution in [0, 0.1) is 0 Å². The molecule has 4 heterocycles. The van der Waals surface area contributed by atoms with Crippen molar-refractivity contribution in [3.05, 3.63) is 181 Å². The van der Waals surface area contributed by atoms with Crippen molar-refractivity contribution >= 4 is 60.5 Å². The van der Waals surface area contributed by atoms with Crippen molar-refractivity contribution in [2.75, 3.05) is 0 Å². The van der Waals surface area contributed by atoms with E-state index in [1.807, 2.05) is 24.3 Å². The number of allylic oxidation sites excluding steroid dienone is 6. The number of benzene rings is 6. The topological polar surface area (TPSA) is 57.8 Å². The molecule has 0 bridgehead atoms. The van der Waals surface area contributed by atoms with Gasteiger partial charge in [-0.1, -0.05) is 127 Å². The standard InChI is InChI=1S/C51H35N5O/c1-3-14-32(15-4-1)49-52-50(33-16-5-2-6-17-33)54-51(53-49)56-43-23-11-8-20-39(43)48-36(21-13-24-45(48)56)34-26-28-44-40(30-34)37-18-7-10-22-42(37)55(44)35-27-29-47-41(31-35)38-19-9-12-25-46(38)57-47/h1,3-5,7-28,30-31,47H,2,6,29H2. The van der Waals surface area contributed by atoms with Crippen molar-refractivity contribution in [3.63, 3.8) is 0 Å². The summed E-state index contributed by atoms with van der Waals surface area (Å²) in [5.74, 6) is 2.91. The number of nitrogens with zero attached hydrogens (tertiary/aromatic N) is 5. The highest BCUT2D eigenvalue weighted by Gasteiger charge is 2.31. The zero-order chi connectivity index (χ0) is 37.5. The van der Waals surface area contributed by atoms with Crippen LogP contribution in [0.1, 0.15) is 30.7 Å². The van der Waals surface area contributed by atoms with Crippen molar-refractivity contribution in [1.82, 2.24) is 24.1 Å². The third-order valence-corrected chi connectivity index (χ3v) is 11.7. The van der Waals surface area contributed by atoms with E-state index in [1.54, 1.807) is 0 Å². The van der Waals surface area contributed by atoms with Gasteiger partial charge in [-0.25, -0.2) is 4.98 Å².